The molecule has 0 atom stereocenters. The summed E-state index contributed by atoms with van der Waals surface area (Å²) in [5, 5.41) is 11.7. The van der Waals surface area contributed by atoms with Gasteiger partial charge in [-0.15, -0.1) is 10.2 Å². The van der Waals surface area contributed by atoms with Gasteiger partial charge in [-0.3, -0.25) is 14.1 Å². The van der Waals surface area contributed by atoms with Crippen LogP contribution in [0.25, 0.3) is 5.65 Å². The molecule has 1 aliphatic rings. The Bertz CT molecular complexity index is 1240. The Hall–Kier alpha value is -3.71. The number of nitrogens with zero attached hydrogens (tertiary/aromatic N) is 4. The Balaban J connectivity index is 1.17. The van der Waals surface area contributed by atoms with Crippen LogP contribution in [-0.4, -0.2) is 45.0 Å². The fourth-order valence-corrected chi connectivity index (χ4v) is 4.27. The first-order chi connectivity index (χ1) is 16.2. The third-order valence-corrected chi connectivity index (χ3v) is 6.07. The van der Waals surface area contributed by atoms with Gasteiger partial charge in [-0.25, -0.2) is 0 Å². The zero-order valence-corrected chi connectivity index (χ0v) is 18.6. The molecule has 1 N–H and O–H groups in total. The number of fused-ring (bicyclic) bond motifs is 1. The van der Waals surface area contributed by atoms with Gasteiger partial charge in [0, 0.05) is 12.1 Å². The summed E-state index contributed by atoms with van der Waals surface area (Å²) in [5.41, 5.74) is 2.72. The van der Waals surface area contributed by atoms with Gasteiger partial charge in [-0.05, 0) is 69.3 Å². The van der Waals surface area contributed by atoms with Crippen molar-refractivity contribution in [3.63, 3.8) is 0 Å². The van der Waals surface area contributed by atoms with Crippen LogP contribution in [-0.2, 0) is 4.79 Å². The van der Waals surface area contributed by atoms with Crippen molar-refractivity contribution >= 4 is 17.2 Å². The summed E-state index contributed by atoms with van der Waals surface area (Å²) in [6.45, 7) is 4.09. The monoisotopic (exact) mass is 441 g/mol. The number of pyridine rings is 1. The summed E-state index contributed by atoms with van der Waals surface area (Å²) in [6, 6.07) is 21.3. The molecule has 0 saturated carbocycles. The van der Waals surface area contributed by atoms with E-state index in [0.29, 0.717) is 23.9 Å². The zero-order chi connectivity index (χ0) is 22.6. The van der Waals surface area contributed by atoms with E-state index < -0.39 is 0 Å². The highest BCUT2D eigenvalue weighted by atomic mass is 16.5. The number of carbonyl (C=O) groups excluding carboxylic acids is 1. The van der Waals surface area contributed by atoms with E-state index in [9.17, 15) is 4.79 Å². The molecule has 2 aromatic carbocycles. The van der Waals surface area contributed by atoms with E-state index in [4.69, 9.17) is 4.74 Å². The maximum Gasteiger partial charge on any atom is 0.238 e. The molecule has 7 nitrogen and oxygen atoms in total. The Morgan fingerprint density at radius 1 is 1.00 bits per heavy atom. The molecule has 0 radical (unpaired) electrons. The number of aromatic nitrogens is 3. The van der Waals surface area contributed by atoms with Gasteiger partial charge >= 0.3 is 0 Å². The molecule has 1 amide bonds. The Labute approximate surface area is 193 Å². The van der Waals surface area contributed by atoms with Gasteiger partial charge in [0.25, 0.3) is 0 Å². The highest BCUT2D eigenvalue weighted by Crippen LogP contribution is 2.30. The number of rotatable bonds is 6. The number of nitrogens with one attached hydrogen (secondary N) is 1. The van der Waals surface area contributed by atoms with Crippen LogP contribution in [0.4, 0.5) is 5.69 Å². The quantitative estimate of drug-likeness (QED) is 0.472. The summed E-state index contributed by atoms with van der Waals surface area (Å²) < 4.78 is 8.07. The summed E-state index contributed by atoms with van der Waals surface area (Å²) in [6.07, 6.45) is 3.92. The smallest absolute Gasteiger partial charge is 0.238 e. The molecular weight excluding hydrogens is 414 g/mol. The third-order valence-electron chi connectivity index (χ3n) is 6.07. The topological polar surface area (TPSA) is 71.8 Å². The summed E-state index contributed by atoms with van der Waals surface area (Å²) >= 11 is 0. The van der Waals surface area contributed by atoms with E-state index in [1.165, 1.54) is 5.56 Å². The van der Waals surface area contributed by atoms with E-state index in [2.05, 4.69) is 24.8 Å². The van der Waals surface area contributed by atoms with E-state index in [1.54, 1.807) is 0 Å². The molecule has 33 heavy (non-hydrogen) atoms. The molecule has 7 heteroatoms. The van der Waals surface area contributed by atoms with Gasteiger partial charge in [0.2, 0.25) is 5.91 Å². The molecule has 0 unspecified atom stereocenters. The van der Waals surface area contributed by atoms with Crippen LogP contribution in [0.5, 0.6) is 11.5 Å². The molecule has 2 aromatic heterocycles. The molecule has 168 valence electrons. The van der Waals surface area contributed by atoms with Gasteiger partial charge in [-0.2, -0.15) is 0 Å². The first-order valence-electron chi connectivity index (χ1n) is 11.3. The first kappa shape index (κ1) is 21.2. The second-order valence-electron chi connectivity index (χ2n) is 8.50. The van der Waals surface area contributed by atoms with Crippen LogP contribution in [0, 0.1) is 6.92 Å². The lowest BCUT2D eigenvalue weighted by molar-refractivity contribution is -0.117. The number of hydrogen-bond acceptors (Lipinski definition) is 5. The number of anilines is 1. The highest BCUT2D eigenvalue weighted by molar-refractivity contribution is 5.93. The second kappa shape index (κ2) is 9.42. The minimum absolute atomic E-state index is 0.0404. The molecule has 1 aliphatic heterocycles. The van der Waals surface area contributed by atoms with E-state index in [1.807, 2.05) is 79.9 Å². The lowest BCUT2D eigenvalue weighted by Crippen LogP contribution is -2.39. The van der Waals surface area contributed by atoms with Gasteiger partial charge < -0.3 is 10.1 Å². The van der Waals surface area contributed by atoms with E-state index >= 15 is 0 Å². The van der Waals surface area contributed by atoms with Gasteiger partial charge in [-0.1, -0.05) is 35.9 Å². The van der Waals surface area contributed by atoms with E-state index in [0.717, 1.165) is 43.2 Å². The van der Waals surface area contributed by atoms with Crippen molar-refractivity contribution in [3.8, 4) is 11.5 Å². The minimum atomic E-state index is -0.0404. The molecule has 0 aliphatic carbocycles. The maximum absolute atomic E-state index is 12.8. The molecule has 4 aromatic rings. The average molecular weight is 442 g/mol. The summed E-state index contributed by atoms with van der Waals surface area (Å²) in [4.78, 5) is 15.0. The van der Waals surface area contributed by atoms with Crippen molar-refractivity contribution in [1.29, 1.82) is 0 Å². The van der Waals surface area contributed by atoms with Crippen molar-refractivity contribution in [3.05, 3.63) is 84.3 Å². The number of benzene rings is 2. The number of likely N-dealkylation sites (tertiary alicyclic amines) is 1. The molecule has 1 saturated heterocycles. The van der Waals surface area contributed by atoms with Crippen LogP contribution < -0.4 is 10.1 Å². The SMILES string of the molecule is Cc1ccc(Oc2ccccc2NC(=O)CN2CCC(c3nnc4ccccn34)CC2)cc1. The Morgan fingerprint density at radius 3 is 2.58 bits per heavy atom. The zero-order valence-electron chi connectivity index (χ0n) is 18.6. The Kier molecular flexibility index (Phi) is 6.04. The van der Waals surface area contributed by atoms with Crippen molar-refractivity contribution in [2.24, 2.45) is 0 Å². The van der Waals surface area contributed by atoms with Crippen molar-refractivity contribution < 1.29 is 9.53 Å². The molecule has 5 rings (SSSR count). The first-order valence-corrected chi connectivity index (χ1v) is 11.3. The van der Waals surface area contributed by atoms with Crippen LogP contribution in [0.2, 0.25) is 0 Å². The number of aryl methyl sites for hydroxylation is 1. The normalized spacial score (nSPS) is 14.9. The lowest BCUT2D eigenvalue weighted by Gasteiger charge is -2.30. The predicted molar refractivity (Wildman–Crippen MR) is 128 cm³/mol. The summed E-state index contributed by atoms with van der Waals surface area (Å²) in [7, 11) is 0. The minimum Gasteiger partial charge on any atom is -0.455 e. The summed E-state index contributed by atoms with van der Waals surface area (Å²) in [5.74, 6) is 2.70. The number of carbonyl (C=O) groups is 1. The molecule has 3 heterocycles. The fourth-order valence-electron chi connectivity index (χ4n) is 4.27. The van der Waals surface area contributed by atoms with Crippen LogP contribution in [0.1, 0.15) is 30.1 Å². The second-order valence-corrected chi connectivity index (χ2v) is 8.50. The largest absolute Gasteiger partial charge is 0.455 e. The van der Waals surface area contributed by atoms with Gasteiger partial charge in [0.15, 0.2) is 11.4 Å². The van der Waals surface area contributed by atoms with Gasteiger partial charge in [0.1, 0.15) is 11.6 Å². The van der Waals surface area contributed by atoms with Crippen LogP contribution in [0.3, 0.4) is 0 Å². The van der Waals surface area contributed by atoms with E-state index in [-0.39, 0.29) is 5.91 Å². The van der Waals surface area contributed by atoms with Gasteiger partial charge in [0.05, 0.1) is 12.2 Å². The highest BCUT2D eigenvalue weighted by Gasteiger charge is 2.25. The molecule has 0 bridgehead atoms. The predicted octanol–water partition coefficient (Wildman–Crippen LogP) is 4.65. The average Bonchev–Trinajstić information content (AvgIpc) is 3.26. The third kappa shape index (κ3) is 4.88. The number of para-hydroxylation sites is 2. The maximum atomic E-state index is 12.8. The van der Waals surface area contributed by atoms with Crippen molar-refractivity contribution in [1.82, 2.24) is 19.5 Å². The standard InChI is InChI=1S/C26H27N5O2/c1-19-9-11-21(12-10-19)33-23-7-3-2-6-22(23)27-25(32)18-30-16-13-20(14-17-30)26-29-28-24-8-4-5-15-31(24)26/h2-12,15,20H,13-14,16-18H2,1H3,(H,27,32). The van der Waals surface area contributed by atoms with Crippen molar-refractivity contribution in [2.45, 2.75) is 25.7 Å². The lowest BCUT2D eigenvalue weighted by atomic mass is 9.96. The van der Waals surface area contributed by atoms with Crippen molar-refractivity contribution in [2.75, 3.05) is 25.0 Å². The molecule has 0 spiro atoms. The Morgan fingerprint density at radius 2 is 1.76 bits per heavy atom. The van der Waals surface area contributed by atoms with Crippen LogP contribution in [0.15, 0.2) is 72.9 Å². The molecular formula is C26H27N5O2. The number of piperidine rings is 1. The van der Waals surface area contributed by atoms with Crippen LogP contribution >= 0.6 is 0 Å². The molecule has 1 fully saturated rings. The number of ether oxygens (including phenoxy) is 1. The number of amides is 1. The fraction of sp³-hybridized carbons (Fsp3) is 0.269. The number of hydrogen-bond donors (Lipinski definition) is 1.